The first-order valence-corrected chi connectivity index (χ1v) is 10.1. The first-order valence-electron chi connectivity index (χ1n) is 7.91. The third kappa shape index (κ3) is 4.94. The van der Waals surface area contributed by atoms with Crippen LogP contribution in [-0.2, 0) is 19.3 Å². The van der Waals surface area contributed by atoms with Gasteiger partial charge in [0.25, 0.3) is 0 Å². The summed E-state index contributed by atoms with van der Waals surface area (Å²) in [5.41, 5.74) is 4.02. The van der Waals surface area contributed by atoms with Gasteiger partial charge in [0, 0.05) is 18.2 Å². The predicted molar refractivity (Wildman–Crippen MR) is 108 cm³/mol. The van der Waals surface area contributed by atoms with Gasteiger partial charge < -0.3 is 4.74 Å². The first-order chi connectivity index (χ1) is 9.98. The third-order valence-electron chi connectivity index (χ3n) is 3.93. The number of aromatic nitrogens is 1. The normalized spacial score (nSPS) is 21.5. The number of halogens is 2. The molecule has 2 nitrogen and oxygen atoms in total. The van der Waals surface area contributed by atoms with Crippen molar-refractivity contribution in [3.8, 4) is 5.88 Å². The largest absolute Gasteiger partial charge is 0.481 e. The molecule has 1 heterocycles. The van der Waals surface area contributed by atoms with Crippen LogP contribution in [-0.4, -0.2) is 15.5 Å². The molecule has 120 valence electrons. The maximum Gasteiger partial charge on any atom is 0.217 e. The molecule has 0 amide bonds. The Bertz CT molecular complexity index is 472. The van der Waals surface area contributed by atoms with Crippen molar-refractivity contribution in [2.24, 2.45) is 0 Å². The molecule has 0 bridgehead atoms. The summed E-state index contributed by atoms with van der Waals surface area (Å²) in [4.78, 5) is 4.78. The Morgan fingerprint density at radius 2 is 1.90 bits per heavy atom. The lowest BCUT2D eigenvalue weighted by Gasteiger charge is -2.27. The van der Waals surface area contributed by atoms with E-state index in [0.717, 1.165) is 25.1 Å². The Hall–Kier alpha value is 0.410. The lowest BCUT2D eigenvalue weighted by atomic mass is 9.90. The van der Waals surface area contributed by atoms with E-state index in [1.807, 2.05) is 13.8 Å². The zero-order valence-corrected chi connectivity index (χ0v) is 18.2. The summed E-state index contributed by atoms with van der Waals surface area (Å²) in [6.45, 7) is 8.56. The zero-order valence-electron chi connectivity index (χ0n) is 13.9. The van der Waals surface area contributed by atoms with E-state index in [1.54, 1.807) is 7.11 Å². The topological polar surface area (TPSA) is 22.1 Å². The van der Waals surface area contributed by atoms with Gasteiger partial charge in [-0.2, -0.15) is 0 Å². The van der Waals surface area contributed by atoms with E-state index in [-0.39, 0.29) is 0 Å². The van der Waals surface area contributed by atoms with Crippen LogP contribution in [0.4, 0.5) is 0 Å². The fourth-order valence-electron chi connectivity index (χ4n) is 2.73. The standard InChI is InChI=1S/C15H21I2NO.C2H6/c1-4-10-13(16)11-7-9-15(2,17)8-5-6-12(11)18-14(10)19-3;1-2/h4-9H2,1-3H3;1-2H3. The highest BCUT2D eigenvalue weighted by Crippen LogP contribution is 2.36. The summed E-state index contributed by atoms with van der Waals surface area (Å²) in [6.07, 6.45) is 6.98. The van der Waals surface area contributed by atoms with E-state index >= 15 is 0 Å². The average molecular weight is 515 g/mol. The molecular weight excluding hydrogens is 488 g/mol. The molecule has 1 aromatic rings. The Labute approximate surface area is 157 Å². The fraction of sp³-hybridized carbons (Fsp3) is 0.706. The van der Waals surface area contributed by atoms with Crippen LogP contribution in [0.5, 0.6) is 5.88 Å². The average Bonchev–Trinajstić information content (AvgIpc) is 2.46. The van der Waals surface area contributed by atoms with Crippen molar-refractivity contribution in [1.82, 2.24) is 4.98 Å². The molecular formula is C17H27I2NO. The highest BCUT2D eigenvalue weighted by molar-refractivity contribution is 14.1. The highest BCUT2D eigenvalue weighted by atomic mass is 127. The molecule has 1 atom stereocenters. The fourth-order valence-corrected chi connectivity index (χ4v) is 4.58. The smallest absolute Gasteiger partial charge is 0.217 e. The van der Waals surface area contributed by atoms with Crippen LogP contribution in [0.15, 0.2) is 0 Å². The third-order valence-corrected chi connectivity index (χ3v) is 6.31. The van der Waals surface area contributed by atoms with Gasteiger partial charge in [0.2, 0.25) is 5.88 Å². The SMILES string of the molecule is CC.CCc1c(OC)nc2c(c1I)CCC(C)(I)CCC2. The van der Waals surface area contributed by atoms with E-state index < -0.39 is 0 Å². The molecule has 1 aliphatic carbocycles. The minimum Gasteiger partial charge on any atom is -0.481 e. The molecule has 0 radical (unpaired) electrons. The van der Waals surface area contributed by atoms with Crippen molar-refractivity contribution < 1.29 is 4.74 Å². The van der Waals surface area contributed by atoms with Gasteiger partial charge in [0.1, 0.15) is 0 Å². The second-order valence-electron chi connectivity index (χ2n) is 5.46. The van der Waals surface area contributed by atoms with Gasteiger partial charge in [-0.3, -0.25) is 0 Å². The number of nitrogens with zero attached hydrogens (tertiary/aromatic N) is 1. The molecule has 0 aromatic carbocycles. The minimum absolute atomic E-state index is 0.435. The molecule has 0 fully saturated rings. The van der Waals surface area contributed by atoms with Gasteiger partial charge in [-0.15, -0.1) is 0 Å². The lowest BCUT2D eigenvalue weighted by molar-refractivity contribution is 0.388. The monoisotopic (exact) mass is 515 g/mol. The number of fused-ring (bicyclic) bond motifs is 1. The quantitative estimate of drug-likeness (QED) is 0.370. The van der Waals surface area contributed by atoms with Crippen LogP contribution >= 0.6 is 45.2 Å². The summed E-state index contributed by atoms with van der Waals surface area (Å²) in [5, 5.41) is 0. The number of pyridine rings is 1. The van der Waals surface area contributed by atoms with Crippen molar-refractivity contribution in [2.75, 3.05) is 7.11 Å². The summed E-state index contributed by atoms with van der Waals surface area (Å²) in [5.74, 6) is 0.837. The number of hydrogen-bond acceptors (Lipinski definition) is 2. The maximum absolute atomic E-state index is 5.48. The molecule has 1 aliphatic rings. The first kappa shape index (κ1) is 19.5. The van der Waals surface area contributed by atoms with Gasteiger partial charge in [0.05, 0.1) is 7.11 Å². The van der Waals surface area contributed by atoms with Crippen LogP contribution in [0, 0.1) is 3.57 Å². The molecule has 1 aromatic heterocycles. The molecule has 1 unspecified atom stereocenters. The van der Waals surface area contributed by atoms with Crippen molar-refractivity contribution in [2.45, 2.75) is 69.6 Å². The van der Waals surface area contributed by atoms with E-state index in [0.29, 0.717) is 3.42 Å². The number of rotatable bonds is 2. The molecule has 0 spiro atoms. The summed E-state index contributed by atoms with van der Waals surface area (Å²) in [6, 6.07) is 0. The van der Waals surface area contributed by atoms with Crippen molar-refractivity contribution >= 4 is 45.2 Å². The molecule has 4 heteroatoms. The minimum atomic E-state index is 0.435. The Morgan fingerprint density at radius 1 is 1.24 bits per heavy atom. The Morgan fingerprint density at radius 3 is 2.48 bits per heavy atom. The van der Waals surface area contributed by atoms with Crippen molar-refractivity contribution in [3.63, 3.8) is 0 Å². The molecule has 0 aliphatic heterocycles. The highest BCUT2D eigenvalue weighted by Gasteiger charge is 2.26. The van der Waals surface area contributed by atoms with E-state index in [4.69, 9.17) is 9.72 Å². The molecule has 0 N–H and O–H groups in total. The van der Waals surface area contributed by atoms with E-state index in [1.165, 1.54) is 39.7 Å². The molecule has 2 rings (SSSR count). The number of methoxy groups -OCH3 is 1. The van der Waals surface area contributed by atoms with Gasteiger partial charge >= 0.3 is 0 Å². The second-order valence-corrected chi connectivity index (χ2v) is 9.14. The van der Waals surface area contributed by atoms with Crippen LogP contribution in [0.3, 0.4) is 0 Å². The summed E-state index contributed by atoms with van der Waals surface area (Å²) >= 11 is 5.12. The van der Waals surface area contributed by atoms with Gasteiger partial charge in [-0.25, -0.2) is 4.98 Å². The second kappa shape index (κ2) is 8.89. The van der Waals surface area contributed by atoms with E-state index in [2.05, 4.69) is 59.0 Å². The van der Waals surface area contributed by atoms with Crippen LogP contribution in [0.1, 0.15) is 63.8 Å². The summed E-state index contributed by atoms with van der Waals surface area (Å²) < 4.78 is 7.30. The summed E-state index contributed by atoms with van der Waals surface area (Å²) in [7, 11) is 1.73. The van der Waals surface area contributed by atoms with Crippen molar-refractivity contribution in [1.29, 1.82) is 0 Å². The number of hydrogen-bond donors (Lipinski definition) is 0. The molecule has 0 saturated carbocycles. The van der Waals surface area contributed by atoms with Crippen LogP contribution < -0.4 is 4.74 Å². The van der Waals surface area contributed by atoms with Gasteiger partial charge in [-0.05, 0) is 66.7 Å². The van der Waals surface area contributed by atoms with Gasteiger partial charge in [0.15, 0.2) is 0 Å². The number of aryl methyl sites for hydroxylation is 1. The van der Waals surface area contributed by atoms with Crippen LogP contribution in [0.2, 0.25) is 0 Å². The van der Waals surface area contributed by atoms with Gasteiger partial charge in [-0.1, -0.05) is 50.3 Å². The predicted octanol–water partition coefficient (Wildman–Crippen LogP) is 5.75. The number of alkyl halides is 1. The van der Waals surface area contributed by atoms with Crippen molar-refractivity contribution in [3.05, 3.63) is 20.4 Å². The lowest BCUT2D eigenvalue weighted by Crippen LogP contribution is -2.21. The number of ether oxygens (including phenoxy) is 1. The Kier molecular flexibility index (Phi) is 8.24. The maximum atomic E-state index is 5.48. The zero-order chi connectivity index (χ0) is 16.0. The van der Waals surface area contributed by atoms with Crippen LogP contribution in [0.25, 0.3) is 0 Å². The molecule has 0 saturated heterocycles. The molecule has 21 heavy (non-hydrogen) atoms. The van der Waals surface area contributed by atoms with E-state index in [9.17, 15) is 0 Å². The Balaban J connectivity index is 0.00000106.